The minimum absolute atomic E-state index is 0.0763. The molecule has 8 nitrogen and oxygen atoms in total. The first-order valence-corrected chi connectivity index (χ1v) is 7.77. The Hall–Kier alpha value is -2.38. The Balaban J connectivity index is 3.27. The highest BCUT2D eigenvalue weighted by atomic mass is 16.5. The summed E-state index contributed by atoms with van der Waals surface area (Å²) < 4.78 is 4.93. The van der Waals surface area contributed by atoms with Crippen LogP contribution < -0.4 is 0 Å². The maximum Gasteiger partial charge on any atom is 0.311 e. The standard InChI is InChI=1S/C16H22O8/c1-3-8-5-10(14(19)20)11(15(21)22)6-9(8)12(7-13(17)18)16(23)24-4-2/h5,9-12H,3-4,6-7H2,1-2H3,(H,17,18)(H,19,20)(H,21,22). The first-order chi connectivity index (χ1) is 11.2. The summed E-state index contributed by atoms with van der Waals surface area (Å²) in [5.74, 6) is -8.55. The second-order valence-electron chi connectivity index (χ2n) is 5.70. The fraction of sp³-hybridized carbons (Fsp3) is 0.625. The molecule has 24 heavy (non-hydrogen) atoms. The van der Waals surface area contributed by atoms with Gasteiger partial charge in [-0.3, -0.25) is 19.2 Å². The molecular formula is C16H22O8. The van der Waals surface area contributed by atoms with Gasteiger partial charge < -0.3 is 20.1 Å². The van der Waals surface area contributed by atoms with Crippen molar-refractivity contribution in [3.05, 3.63) is 11.6 Å². The summed E-state index contributed by atoms with van der Waals surface area (Å²) in [5, 5.41) is 27.6. The zero-order valence-corrected chi connectivity index (χ0v) is 13.6. The van der Waals surface area contributed by atoms with Crippen molar-refractivity contribution >= 4 is 23.9 Å². The molecule has 0 spiro atoms. The molecule has 0 bridgehead atoms. The molecule has 8 heteroatoms. The zero-order chi connectivity index (χ0) is 18.4. The summed E-state index contributed by atoms with van der Waals surface area (Å²) in [6.45, 7) is 3.42. The van der Waals surface area contributed by atoms with Crippen LogP contribution in [0.3, 0.4) is 0 Å². The Morgan fingerprint density at radius 2 is 1.79 bits per heavy atom. The molecule has 1 aliphatic rings. The molecule has 0 saturated heterocycles. The summed E-state index contributed by atoms with van der Waals surface area (Å²) in [4.78, 5) is 46.0. The van der Waals surface area contributed by atoms with Crippen LogP contribution in [0.1, 0.15) is 33.1 Å². The van der Waals surface area contributed by atoms with Gasteiger partial charge in [-0.1, -0.05) is 18.6 Å². The molecule has 1 rings (SSSR count). The average Bonchev–Trinajstić information content (AvgIpc) is 2.51. The van der Waals surface area contributed by atoms with Crippen LogP contribution in [0.15, 0.2) is 11.6 Å². The maximum absolute atomic E-state index is 12.2. The maximum atomic E-state index is 12.2. The second-order valence-corrected chi connectivity index (χ2v) is 5.70. The molecular weight excluding hydrogens is 320 g/mol. The SMILES string of the molecule is CCOC(=O)C(CC(=O)O)C1CC(C(=O)O)C(C(=O)O)C=C1CC. The molecule has 1 aliphatic carbocycles. The van der Waals surface area contributed by atoms with Gasteiger partial charge in [0.05, 0.1) is 30.8 Å². The summed E-state index contributed by atoms with van der Waals surface area (Å²) >= 11 is 0. The molecule has 0 radical (unpaired) electrons. The molecule has 0 aromatic heterocycles. The molecule has 0 amide bonds. The minimum Gasteiger partial charge on any atom is -0.481 e. The van der Waals surface area contributed by atoms with Crippen molar-refractivity contribution < 1.29 is 39.2 Å². The van der Waals surface area contributed by atoms with Gasteiger partial charge in [0.25, 0.3) is 0 Å². The summed E-state index contributed by atoms with van der Waals surface area (Å²) in [6, 6.07) is 0. The van der Waals surface area contributed by atoms with Crippen molar-refractivity contribution in [2.45, 2.75) is 33.1 Å². The summed E-state index contributed by atoms with van der Waals surface area (Å²) in [7, 11) is 0. The van der Waals surface area contributed by atoms with Crippen molar-refractivity contribution in [1.82, 2.24) is 0 Å². The molecule has 0 saturated carbocycles. The Morgan fingerprint density at radius 1 is 1.17 bits per heavy atom. The van der Waals surface area contributed by atoms with Crippen molar-refractivity contribution in [2.75, 3.05) is 6.61 Å². The van der Waals surface area contributed by atoms with Crippen molar-refractivity contribution in [2.24, 2.45) is 23.7 Å². The van der Waals surface area contributed by atoms with Crippen LogP contribution in [0, 0.1) is 23.7 Å². The van der Waals surface area contributed by atoms with Crippen molar-refractivity contribution in [3.63, 3.8) is 0 Å². The third-order valence-corrected chi connectivity index (χ3v) is 4.29. The molecule has 4 unspecified atom stereocenters. The zero-order valence-electron chi connectivity index (χ0n) is 13.6. The molecule has 3 N–H and O–H groups in total. The lowest BCUT2D eigenvalue weighted by atomic mass is 9.68. The number of esters is 1. The van der Waals surface area contributed by atoms with Gasteiger partial charge in [-0.2, -0.15) is 0 Å². The normalized spacial score (nSPS) is 24.6. The van der Waals surface area contributed by atoms with Crippen LogP contribution in [0.4, 0.5) is 0 Å². The third-order valence-electron chi connectivity index (χ3n) is 4.29. The van der Waals surface area contributed by atoms with Gasteiger partial charge in [0.15, 0.2) is 0 Å². The van der Waals surface area contributed by atoms with Crippen molar-refractivity contribution in [3.8, 4) is 0 Å². The Bertz CT molecular complexity index is 550. The topological polar surface area (TPSA) is 138 Å². The highest BCUT2D eigenvalue weighted by Gasteiger charge is 2.44. The highest BCUT2D eigenvalue weighted by Crippen LogP contribution is 2.40. The predicted octanol–water partition coefficient (Wildman–Crippen LogP) is 1.40. The number of allylic oxidation sites excluding steroid dienone is 1. The molecule has 4 atom stereocenters. The number of rotatable bonds is 8. The van der Waals surface area contributed by atoms with Gasteiger partial charge >= 0.3 is 23.9 Å². The molecule has 0 aliphatic heterocycles. The van der Waals surface area contributed by atoms with Gasteiger partial charge in [-0.05, 0) is 25.7 Å². The molecule has 0 aromatic carbocycles. The van der Waals surface area contributed by atoms with Crippen LogP contribution in [-0.4, -0.2) is 45.8 Å². The van der Waals surface area contributed by atoms with E-state index >= 15 is 0 Å². The van der Waals surface area contributed by atoms with Gasteiger partial charge in [0, 0.05) is 0 Å². The monoisotopic (exact) mass is 342 g/mol. The van der Waals surface area contributed by atoms with E-state index in [0.29, 0.717) is 12.0 Å². The quantitative estimate of drug-likeness (QED) is 0.444. The van der Waals surface area contributed by atoms with Gasteiger partial charge in [-0.15, -0.1) is 0 Å². The van der Waals surface area contributed by atoms with Gasteiger partial charge in [0.2, 0.25) is 0 Å². The fourth-order valence-corrected chi connectivity index (χ4v) is 3.17. The van der Waals surface area contributed by atoms with Crippen LogP contribution >= 0.6 is 0 Å². The van der Waals surface area contributed by atoms with E-state index in [1.54, 1.807) is 13.8 Å². The minimum atomic E-state index is -1.28. The number of carbonyl (C=O) groups is 4. The van der Waals surface area contributed by atoms with Crippen LogP contribution in [-0.2, 0) is 23.9 Å². The molecule has 0 aromatic rings. The van der Waals surface area contributed by atoms with E-state index in [4.69, 9.17) is 9.84 Å². The van der Waals surface area contributed by atoms with E-state index < -0.39 is 54.0 Å². The number of hydrogen-bond donors (Lipinski definition) is 3. The van der Waals surface area contributed by atoms with Crippen LogP contribution in [0.2, 0.25) is 0 Å². The second kappa shape index (κ2) is 8.47. The lowest BCUT2D eigenvalue weighted by molar-refractivity contribution is -0.157. The number of carboxylic acid groups (broad SMARTS) is 3. The van der Waals surface area contributed by atoms with Gasteiger partial charge in [-0.25, -0.2) is 0 Å². The Labute approximate surface area is 139 Å². The number of ether oxygens (including phenoxy) is 1. The van der Waals surface area contributed by atoms with Crippen LogP contribution in [0.25, 0.3) is 0 Å². The number of hydrogen-bond acceptors (Lipinski definition) is 5. The van der Waals surface area contributed by atoms with Crippen LogP contribution in [0.5, 0.6) is 0 Å². The van der Waals surface area contributed by atoms with Crippen molar-refractivity contribution in [1.29, 1.82) is 0 Å². The summed E-state index contributed by atoms with van der Waals surface area (Å²) in [5.41, 5.74) is 0.583. The fourth-order valence-electron chi connectivity index (χ4n) is 3.17. The van der Waals surface area contributed by atoms with Gasteiger partial charge in [0.1, 0.15) is 0 Å². The lowest BCUT2D eigenvalue weighted by Gasteiger charge is -2.34. The first-order valence-electron chi connectivity index (χ1n) is 7.77. The smallest absolute Gasteiger partial charge is 0.311 e. The third kappa shape index (κ3) is 4.56. The molecule has 0 heterocycles. The Morgan fingerprint density at radius 3 is 2.21 bits per heavy atom. The lowest BCUT2D eigenvalue weighted by Crippen LogP contribution is -2.39. The van der Waals surface area contributed by atoms with E-state index in [2.05, 4.69) is 0 Å². The number of carbonyl (C=O) groups excluding carboxylic acids is 1. The largest absolute Gasteiger partial charge is 0.481 e. The molecule has 134 valence electrons. The van der Waals surface area contributed by atoms with E-state index in [1.165, 1.54) is 6.08 Å². The molecule has 0 fully saturated rings. The van der Waals surface area contributed by atoms with E-state index in [0.717, 1.165) is 0 Å². The van der Waals surface area contributed by atoms with E-state index in [-0.39, 0.29) is 13.0 Å². The predicted molar refractivity (Wildman–Crippen MR) is 81.1 cm³/mol. The number of carboxylic acids is 3. The average molecular weight is 342 g/mol. The first kappa shape index (κ1) is 19.7. The number of aliphatic carboxylic acids is 3. The Kier molecular flexibility index (Phi) is 6.94. The van der Waals surface area contributed by atoms with E-state index in [1.807, 2.05) is 0 Å². The highest BCUT2D eigenvalue weighted by molar-refractivity contribution is 5.83. The summed E-state index contributed by atoms with van der Waals surface area (Å²) in [6.07, 6.45) is 1.15. The van der Waals surface area contributed by atoms with E-state index in [9.17, 15) is 29.4 Å².